The zero-order valence-corrected chi connectivity index (χ0v) is 12.9. The van der Waals surface area contributed by atoms with Crippen molar-refractivity contribution >= 4 is 23.2 Å². The van der Waals surface area contributed by atoms with Crippen molar-refractivity contribution in [3.63, 3.8) is 0 Å². The molecule has 116 valence electrons. The van der Waals surface area contributed by atoms with Crippen LogP contribution in [-0.2, 0) is 11.4 Å². The van der Waals surface area contributed by atoms with Crippen LogP contribution in [0, 0.1) is 0 Å². The van der Waals surface area contributed by atoms with Gasteiger partial charge in [-0.25, -0.2) is 4.79 Å². The Labute approximate surface area is 132 Å². The number of aliphatic carboxylic acids is 1. The maximum absolute atomic E-state index is 12.0. The average Bonchev–Trinajstić information content (AvgIpc) is 3.04. The zero-order valence-electron chi connectivity index (χ0n) is 12.1. The number of carbonyl (C=O) groups excluding carboxylic acids is 1. The van der Waals surface area contributed by atoms with Gasteiger partial charge in [-0.15, -0.1) is 11.3 Å². The summed E-state index contributed by atoms with van der Waals surface area (Å²) >= 11 is 1.62. The molecule has 1 atom stereocenters. The number of carbonyl (C=O) groups is 2. The second-order valence-corrected chi connectivity index (χ2v) is 5.70. The first-order valence-electron chi connectivity index (χ1n) is 6.89. The summed E-state index contributed by atoms with van der Waals surface area (Å²) in [5.74, 6) is -0.777. The third-order valence-corrected chi connectivity index (χ3v) is 3.94. The first-order valence-corrected chi connectivity index (χ1v) is 7.77. The molecule has 0 aliphatic rings. The van der Waals surface area contributed by atoms with E-state index in [1.807, 2.05) is 17.5 Å². The van der Waals surface area contributed by atoms with Crippen LogP contribution in [0.15, 0.2) is 41.8 Å². The van der Waals surface area contributed by atoms with Crippen molar-refractivity contribution in [1.29, 1.82) is 0 Å². The van der Waals surface area contributed by atoms with E-state index in [0.717, 1.165) is 4.88 Å². The predicted octanol–water partition coefficient (Wildman–Crippen LogP) is 2.92. The molecule has 0 bridgehead atoms. The van der Waals surface area contributed by atoms with E-state index in [1.165, 1.54) is 0 Å². The van der Waals surface area contributed by atoms with Gasteiger partial charge < -0.3 is 15.2 Å². The number of hydrogen-bond donors (Lipinski definition) is 2. The van der Waals surface area contributed by atoms with Crippen molar-refractivity contribution in [1.82, 2.24) is 5.32 Å². The molecule has 1 aromatic carbocycles. The normalized spacial score (nSPS) is 11.7. The molecule has 0 saturated heterocycles. The highest BCUT2D eigenvalue weighted by Gasteiger charge is 2.18. The minimum absolute atomic E-state index is 0.336. The van der Waals surface area contributed by atoms with E-state index in [0.29, 0.717) is 24.3 Å². The minimum Gasteiger partial charge on any atom is -0.488 e. The number of amides is 1. The van der Waals surface area contributed by atoms with Crippen LogP contribution >= 0.6 is 11.3 Å². The quantitative estimate of drug-likeness (QED) is 0.823. The van der Waals surface area contributed by atoms with Gasteiger partial charge in [-0.1, -0.05) is 13.0 Å². The third kappa shape index (κ3) is 4.33. The molecule has 6 heteroatoms. The second-order valence-electron chi connectivity index (χ2n) is 4.66. The van der Waals surface area contributed by atoms with Crippen molar-refractivity contribution in [3.8, 4) is 5.75 Å². The molecule has 1 aromatic heterocycles. The minimum atomic E-state index is -1.04. The summed E-state index contributed by atoms with van der Waals surface area (Å²) in [6.45, 7) is 2.20. The van der Waals surface area contributed by atoms with Crippen molar-refractivity contribution in [3.05, 3.63) is 52.2 Å². The van der Waals surface area contributed by atoms with Gasteiger partial charge >= 0.3 is 5.97 Å². The van der Waals surface area contributed by atoms with Crippen LogP contribution in [-0.4, -0.2) is 23.0 Å². The molecule has 0 fully saturated rings. The van der Waals surface area contributed by atoms with E-state index in [4.69, 9.17) is 9.84 Å². The summed E-state index contributed by atoms with van der Waals surface area (Å²) in [6, 6.07) is 9.71. The van der Waals surface area contributed by atoms with E-state index in [1.54, 1.807) is 42.5 Å². The van der Waals surface area contributed by atoms with Crippen LogP contribution in [0.2, 0.25) is 0 Å². The predicted molar refractivity (Wildman–Crippen MR) is 84.3 cm³/mol. The monoisotopic (exact) mass is 319 g/mol. The smallest absolute Gasteiger partial charge is 0.326 e. The maximum Gasteiger partial charge on any atom is 0.326 e. The molecule has 2 rings (SSSR count). The number of carboxylic acids is 1. The molecule has 1 amide bonds. The van der Waals surface area contributed by atoms with Crippen LogP contribution in [0.25, 0.3) is 0 Å². The largest absolute Gasteiger partial charge is 0.488 e. The van der Waals surface area contributed by atoms with Crippen LogP contribution in [0.1, 0.15) is 28.6 Å². The zero-order chi connectivity index (χ0) is 15.9. The van der Waals surface area contributed by atoms with Gasteiger partial charge in [0.15, 0.2) is 0 Å². The van der Waals surface area contributed by atoms with Gasteiger partial charge in [0.2, 0.25) is 0 Å². The number of nitrogens with one attached hydrogen (secondary N) is 1. The number of ether oxygens (including phenoxy) is 1. The number of thiophene rings is 1. The van der Waals surface area contributed by atoms with Gasteiger partial charge in [0.1, 0.15) is 18.4 Å². The Morgan fingerprint density at radius 1 is 1.27 bits per heavy atom. The Hall–Kier alpha value is -2.34. The molecule has 0 unspecified atom stereocenters. The van der Waals surface area contributed by atoms with Crippen molar-refractivity contribution in [2.24, 2.45) is 0 Å². The highest BCUT2D eigenvalue weighted by Crippen LogP contribution is 2.16. The summed E-state index contributed by atoms with van der Waals surface area (Å²) < 4.78 is 5.61. The standard InChI is InChI=1S/C16H17NO4S/c1-2-14(16(19)20)17-15(18)11-5-7-12(8-6-11)21-10-13-4-3-9-22-13/h3-9,14H,2,10H2,1H3,(H,17,18)(H,19,20)/t14-/m0/s1. The molecular formula is C16H17NO4S. The molecule has 2 aromatic rings. The van der Waals surface area contributed by atoms with Gasteiger partial charge in [0.05, 0.1) is 0 Å². The molecule has 2 N–H and O–H groups in total. The number of carboxylic acid groups (broad SMARTS) is 1. The number of benzene rings is 1. The van der Waals surface area contributed by atoms with E-state index >= 15 is 0 Å². The van der Waals surface area contributed by atoms with Crippen molar-refractivity contribution in [2.45, 2.75) is 26.0 Å². The average molecular weight is 319 g/mol. The summed E-state index contributed by atoms with van der Waals surface area (Å²) in [5.41, 5.74) is 0.406. The van der Waals surface area contributed by atoms with Gasteiger partial charge in [-0.05, 0) is 42.1 Å². The lowest BCUT2D eigenvalue weighted by Gasteiger charge is -2.12. The lowest BCUT2D eigenvalue weighted by atomic mass is 10.1. The van der Waals surface area contributed by atoms with E-state index in [9.17, 15) is 9.59 Å². The summed E-state index contributed by atoms with van der Waals surface area (Å²) in [6.07, 6.45) is 0.336. The number of rotatable bonds is 7. The molecule has 5 nitrogen and oxygen atoms in total. The summed E-state index contributed by atoms with van der Waals surface area (Å²) in [7, 11) is 0. The SMILES string of the molecule is CC[C@H](NC(=O)c1ccc(OCc2cccs2)cc1)C(=O)O. The van der Waals surface area contributed by atoms with Crippen molar-refractivity contribution < 1.29 is 19.4 Å². The Balaban J connectivity index is 1.93. The molecule has 0 radical (unpaired) electrons. The Bertz CT molecular complexity index is 622. The third-order valence-electron chi connectivity index (χ3n) is 3.09. The first-order chi connectivity index (χ1) is 10.6. The molecule has 0 saturated carbocycles. The van der Waals surface area contributed by atoms with Gasteiger partial charge in [0, 0.05) is 10.4 Å². The fourth-order valence-electron chi connectivity index (χ4n) is 1.83. The van der Waals surface area contributed by atoms with Gasteiger partial charge in [-0.2, -0.15) is 0 Å². The molecule has 0 spiro atoms. The Morgan fingerprint density at radius 3 is 2.55 bits per heavy atom. The number of hydrogen-bond acceptors (Lipinski definition) is 4. The van der Waals surface area contributed by atoms with Crippen LogP contribution < -0.4 is 10.1 Å². The molecular weight excluding hydrogens is 302 g/mol. The highest BCUT2D eigenvalue weighted by atomic mass is 32.1. The lowest BCUT2D eigenvalue weighted by Crippen LogP contribution is -2.40. The highest BCUT2D eigenvalue weighted by molar-refractivity contribution is 7.09. The molecule has 1 heterocycles. The molecule has 0 aliphatic heterocycles. The van der Waals surface area contributed by atoms with Crippen LogP contribution in [0.3, 0.4) is 0 Å². The van der Waals surface area contributed by atoms with Crippen molar-refractivity contribution in [2.75, 3.05) is 0 Å². The summed E-state index contributed by atoms with van der Waals surface area (Å²) in [5, 5.41) is 13.4. The maximum atomic E-state index is 12.0. The van der Waals surface area contributed by atoms with Crippen LogP contribution in [0.4, 0.5) is 0 Å². The fourth-order valence-corrected chi connectivity index (χ4v) is 2.45. The second kappa shape index (κ2) is 7.61. The van der Waals surface area contributed by atoms with E-state index in [-0.39, 0.29) is 0 Å². The topological polar surface area (TPSA) is 75.6 Å². The molecule has 22 heavy (non-hydrogen) atoms. The summed E-state index contributed by atoms with van der Waals surface area (Å²) in [4.78, 5) is 24.0. The van der Waals surface area contributed by atoms with E-state index in [2.05, 4.69) is 5.32 Å². The van der Waals surface area contributed by atoms with Gasteiger partial charge in [0.25, 0.3) is 5.91 Å². The first kappa shape index (κ1) is 16.0. The van der Waals surface area contributed by atoms with Crippen LogP contribution in [0.5, 0.6) is 5.75 Å². The fraction of sp³-hybridized carbons (Fsp3) is 0.250. The Morgan fingerprint density at radius 2 is 2.00 bits per heavy atom. The Kier molecular flexibility index (Phi) is 5.55. The molecule has 0 aliphatic carbocycles. The van der Waals surface area contributed by atoms with E-state index < -0.39 is 17.9 Å². The lowest BCUT2D eigenvalue weighted by molar-refractivity contribution is -0.139. The van der Waals surface area contributed by atoms with Gasteiger partial charge in [-0.3, -0.25) is 4.79 Å².